The average Bonchev–Trinajstić information content (AvgIpc) is 1.96. The molecule has 2 nitrogen and oxygen atoms in total. The summed E-state index contributed by atoms with van der Waals surface area (Å²) in [5, 5.41) is 0. The van der Waals surface area contributed by atoms with Crippen molar-refractivity contribution >= 4 is 0 Å². The molecule has 2 heteroatoms. The third-order valence-corrected chi connectivity index (χ3v) is 2.09. The Hall–Kier alpha value is -0.0800. The van der Waals surface area contributed by atoms with Crippen LogP contribution in [-0.2, 0) is 4.74 Å². The van der Waals surface area contributed by atoms with Crippen molar-refractivity contribution in [1.29, 1.82) is 0 Å². The van der Waals surface area contributed by atoms with E-state index < -0.39 is 0 Å². The zero-order valence-electron chi connectivity index (χ0n) is 9.26. The van der Waals surface area contributed by atoms with Gasteiger partial charge in [-0.3, -0.25) is 0 Å². The molecule has 0 aromatic heterocycles. The van der Waals surface area contributed by atoms with Gasteiger partial charge in [-0.15, -0.1) is 0 Å². The van der Waals surface area contributed by atoms with Crippen molar-refractivity contribution in [3.8, 4) is 0 Å². The van der Waals surface area contributed by atoms with Crippen LogP contribution in [0.3, 0.4) is 0 Å². The second-order valence-electron chi connectivity index (χ2n) is 4.56. The van der Waals surface area contributed by atoms with Gasteiger partial charge in [0, 0.05) is 7.11 Å². The topological polar surface area (TPSA) is 9.23 Å². The van der Waals surface area contributed by atoms with Gasteiger partial charge in [-0.05, 0) is 26.2 Å². The third kappa shape index (κ3) is 11.9. The van der Waals surface area contributed by atoms with Crippen molar-refractivity contribution in [1.82, 2.24) is 0 Å². The van der Waals surface area contributed by atoms with Crippen LogP contribution in [0, 0.1) is 0 Å². The minimum absolute atomic E-state index is 0. The van der Waals surface area contributed by atoms with E-state index in [-0.39, 0.29) is 7.43 Å². The predicted octanol–water partition coefficient (Wildman–Crippen LogP) is 2.53. The van der Waals surface area contributed by atoms with Crippen molar-refractivity contribution < 1.29 is 9.22 Å². The van der Waals surface area contributed by atoms with Gasteiger partial charge < -0.3 is 9.22 Å². The van der Waals surface area contributed by atoms with Gasteiger partial charge in [-0.25, -0.2) is 0 Å². The molecule has 0 fully saturated rings. The fourth-order valence-corrected chi connectivity index (χ4v) is 1.14. The summed E-state index contributed by atoms with van der Waals surface area (Å²) < 4.78 is 6.25. The molecule has 0 aliphatic rings. The molecule has 0 saturated carbocycles. The quantitative estimate of drug-likeness (QED) is 0.462. The number of quaternary nitrogens is 1. The molecule has 0 bridgehead atoms. The molecule has 1 unspecified atom stereocenters. The molecule has 82 valence electrons. The van der Waals surface area contributed by atoms with Crippen molar-refractivity contribution in [2.24, 2.45) is 0 Å². The van der Waals surface area contributed by atoms with Crippen LogP contribution in [0.5, 0.6) is 0 Å². The van der Waals surface area contributed by atoms with Crippen LogP contribution in [0.4, 0.5) is 0 Å². The van der Waals surface area contributed by atoms with Crippen LogP contribution in [-0.4, -0.2) is 45.4 Å². The van der Waals surface area contributed by atoms with Gasteiger partial charge in [0.1, 0.15) is 0 Å². The summed E-state index contributed by atoms with van der Waals surface area (Å²) in [5.74, 6) is 0. The Morgan fingerprint density at radius 1 is 1.15 bits per heavy atom. The summed E-state index contributed by atoms with van der Waals surface area (Å²) in [6.07, 6.45) is 4.20. The average molecular weight is 190 g/mol. The molecule has 0 heterocycles. The van der Waals surface area contributed by atoms with E-state index in [1.807, 2.05) is 0 Å². The number of hydrogen-bond donors (Lipinski definition) is 0. The molecule has 0 N–H and O–H groups in total. The van der Waals surface area contributed by atoms with Crippen LogP contribution in [0.15, 0.2) is 0 Å². The first-order valence-electron chi connectivity index (χ1n) is 4.79. The number of ether oxygens (including phenoxy) is 1. The Labute approximate surface area is 84.5 Å². The molecular weight excluding hydrogens is 162 g/mol. The lowest BCUT2D eigenvalue weighted by Gasteiger charge is -2.23. The highest BCUT2D eigenvalue weighted by Crippen LogP contribution is 2.05. The Morgan fingerprint density at radius 2 is 1.69 bits per heavy atom. The van der Waals surface area contributed by atoms with Crippen molar-refractivity contribution in [2.45, 2.75) is 39.7 Å². The summed E-state index contributed by atoms with van der Waals surface area (Å²) in [6.45, 7) is 3.39. The van der Waals surface area contributed by atoms with Gasteiger partial charge in [0.2, 0.25) is 0 Å². The minimum atomic E-state index is 0. The van der Waals surface area contributed by atoms with E-state index in [4.69, 9.17) is 4.74 Å². The second-order valence-corrected chi connectivity index (χ2v) is 4.56. The van der Waals surface area contributed by atoms with Crippen LogP contribution in [0.25, 0.3) is 0 Å². The van der Waals surface area contributed by atoms with Crippen molar-refractivity contribution in [3.05, 3.63) is 0 Å². The predicted molar refractivity (Wildman–Crippen MR) is 60.0 cm³/mol. The standard InChI is InChI=1S/C10H24NO.CH4/c1-10(12-5)8-6-7-9-11(2,3)4;/h10H,6-9H2,1-5H3;1H4/q+1;. The maximum Gasteiger partial charge on any atom is 0.0780 e. The van der Waals surface area contributed by atoms with Crippen LogP contribution in [0.1, 0.15) is 33.6 Å². The fourth-order valence-electron chi connectivity index (χ4n) is 1.14. The van der Waals surface area contributed by atoms with Gasteiger partial charge in [-0.2, -0.15) is 0 Å². The zero-order chi connectivity index (χ0) is 9.61. The zero-order valence-corrected chi connectivity index (χ0v) is 9.26. The highest BCUT2D eigenvalue weighted by Gasteiger charge is 2.06. The van der Waals surface area contributed by atoms with Gasteiger partial charge in [0.25, 0.3) is 0 Å². The van der Waals surface area contributed by atoms with E-state index in [0.717, 1.165) is 4.48 Å². The molecular formula is C11H28NO+. The molecule has 0 aromatic rings. The fraction of sp³-hybridized carbons (Fsp3) is 1.00. The van der Waals surface area contributed by atoms with Gasteiger partial charge >= 0.3 is 0 Å². The Kier molecular flexibility index (Phi) is 8.69. The highest BCUT2D eigenvalue weighted by atomic mass is 16.5. The van der Waals surface area contributed by atoms with E-state index in [9.17, 15) is 0 Å². The number of nitrogens with zero attached hydrogens (tertiary/aromatic N) is 1. The lowest BCUT2D eigenvalue weighted by Crippen LogP contribution is -2.35. The smallest absolute Gasteiger partial charge is 0.0780 e. The first kappa shape index (κ1) is 15.4. The summed E-state index contributed by atoms with van der Waals surface area (Å²) in [7, 11) is 8.49. The Bertz CT molecular complexity index is 107. The highest BCUT2D eigenvalue weighted by molar-refractivity contribution is 4.49. The lowest BCUT2D eigenvalue weighted by molar-refractivity contribution is -0.870. The van der Waals surface area contributed by atoms with E-state index in [0.29, 0.717) is 6.10 Å². The Morgan fingerprint density at radius 3 is 2.08 bits per heavy atom. The van der Waals surface area contributed by atoms with Crippen molar-refractivity contribution in [3.63, 3.8) is 0 Å². The number of methoxy groups -OCH3 is 1. The Balaban J connectivity index is 0. The maximum atomic E-state index is 5.18. The van der Waals surface area contributed by atoms with E-state index in [1.165, 1.54) is 25.8 Å². The first-order valence-corrected chi connectivity index (χ1v) is 4.79. The van der Waals surface area contributed by atoms with Crippen molar-refractivity contribution in [2.75, 3.05) is 34.8 Å². The van der Waals surface area contributed by atoms with Crippen LogP contribution in [0.2, 0.25) is 0 Å². The number of rotatable bonds is 6. The first-order chi connectivity index (χ1) is 5.45. The van der Waals surface area contributed by atoms with Crippen LogP contribution >= 0.6 is 0 Å². The molecule has 0 aromatic carbocycles. The number of unbranched alkanes of at least 4 members (excludes halogenated alkanes) is 1. The summed E-state index contributed by atoms with van der Waals surface area (Å²) in [4.78, 5) is 0. The third-order valence-electron chi connectivity index (χ3n) is 2.09. The largest absolute Gasteiger partial charge is 0.382 e. The molecule has 0 amide bonds. The SMILES string of the molecule is C.COC(C)CCCC[N+](C)(C)C. The van der Waals surface area contributed by atoms with Gasteiger partial charge in [-0.1, -0.05) is 7.43 Å². The van der Waals surface area contributed by atoms with E-state index in [1.54, 1.807) is 7.11 Å². The molecule has 0 spiro atoms. The normalized spacial score (nSPS) is 13.6. The molecule has 0 rings (SSSR count). The molecule has 13 heavy (non-hydrogen) atoms. The summed E-state index contributed by atoms with van der Waals surface area (Å²) in [6, 6.07) is 0. The maximum absolute atomic E-state index is 5.18. The van der Waals surface area contributed by atoms with Gasteiger partial charge in [0.15, 0.2) is 0 Å². The molecule has 0 saturated heterocycles. The summed E-state index contributed by atoms with van der Waals surface area (Å²) in [5.41, 5.74) is 0. The van der Waals surface area contributed by atoms with Gasteiger partial charge in [0.05, 0.1) is 33.8 Å². The molecule has 0 radical (unpaired) electrons. The van der Waals surface area contributed by atoms with Crippen LogP contribution < -0.4 is 0 Å². The molecule has 0 aliphatic heterocycles. The second kappa shape index (κ2) is 7.34. The lowest BCUT2D eigenvalue weighted by atomic mass is 10.1. The molecule has 1 atom stereocenters. The van der Waals surface area contributed by atoms with E-state index >= 15 is 0 Å². The van der Waals surface area contributed by atoms with E-state index in [2.05, 4.69) is 28.1 Å². The minimum Gasteiger partial charge on any atom is -0.382 e. The number of hydrogen-bond acceptors (Lipinski definition) is 1. The monoisotopic (exact) mass is 190 g/mol. The summed E-state index contributed by atoms with van der Waals surface area (Å²) >= 11 is 0. The molecule has 0 aliphatic carbocycles.